The minimum atomic E-state index is -0.416. The summed E-state index contributed by atoms with van der Waals surface area (Å²) in [7, 11) is -0.416. The standard InChI is InChI=1S/C11H23NSi/c1-2-12(11-7-3-4-8-11)13-9-5-6-10-13/h11,13H,2-10H2,1H3. The highest BCUT2D eigenvalue weighted by Crippen LogP contribution is 2.29. The van der Waals surface area contributed by atoms with Crippen molar-refractivity contribution in [2.75, 3.05) is 6.54 Å². The Labute approximate surface area is 84.2 Å². The van der Waals surface area contributed by atoms with E-state index in [1.807, 2.05) is 0 Å². The minimum absolute atomic E-state index is 0.416. The summed E-state index contributed by atoms with van der Waals surface area (Å²) in [6.45, 7) is 3.73. The molecule has 0 amide bonds. The maximum atomic E-state index is 2.94. The number of nitrogens with zero attached hydrogens (tertiary/aromatic N) is 1. The molecular formula is C11H23NSi. The second kappa shape index (κ2) is 4.60. The van der Waals surface area contributed by atoms with Gasteiger partial charge in [0, 0.05) is 6.04 Å². The van der Waals surface area contributed by atoms with E-state index in [4.69, 9.17) is 0 Å². The Morgan fingerprint density at radius 2 is 1.69 bits per heavy atom. The average molecular weight is 197 g/mol. The molecule has 0 aromatic carbocycles. The lowest BCUT2D eigenvalue weighted by molar-refractivity contribution is 0.340. The summed E-state index contributed by atoms with van der Waals surface area (Å²) in [6, 6.07) is 4.24. The van der Waals surface area contributed by atoms with Crippen LogP contribution in [0.3, 0.4) is 0 Å². The molecule has 0 aromatic heterocycles. The molecule has 76 valence electrons. The molecule has 2 fully saturated rings. The number of hydrogen-bond acceptors (Lipinski definition) is 1. The van der Waals surface area contributed by atoms with E-state index in [1.54, 1.807) is 24.9 Å². The van der Waals surface area contributed by atoms with E-state index in [1.165, 1.54) is 32.2 Å². The molecule has 2 aliphatic rings. The molecule has 0 bridgehead atoms. The van der Waals surface area contributed by atoms with Crippen LogP contribution in [0.4, 0.5) is 0 Å². The van der Waals surface area contributed by atoms with Crippen LogP contribution in [0.1, 0.15) is 45.4 Å². The van der Waals surface area contributed by atoms with Gasteiger partial charge in [0.25, 0.3) is 0 Å². The summed E-state index contributed by atoms with van der Waals surface area (Å²) in [4.78, 5) is 0. The van der Waals surface area contributed by atoms with Crippen molar-refractivity contribution < 1.29 is 0 Å². The molecule has 1 nitrogen and oxygen atoms in total. The summed E-state index contributed by atoms with van der Waals surface area (Å²) < 4.78 is 2.94. The first-order valence-corrected chi connectivity index (χ1v) is 8.32. The molecule has 0 atom stereocenters. The molecular weight excluding hydrogens is 174 g/mol. The second-order valence-corrected chi connectivity index (χ2v) is 7.83. The number of rotatable bonds is 3. The fourth-order valence-electron chi connectivity index (χ4n) is 3.29. The fourth-order valence-corrected chi connectivity index (χ4v) is 7.17. The van der Waals surface area contributed by atoms with Crippen molar-refractivity contribution in [3.05, 3.63) is 0 Å². The average Bonchev–Trinajstić information content (AvgIpc) is 2.76. The highest BCUT2D eigenvalue weighted by Gasteiger charge is 2.29. The molecule has 0 N–H and O–H groups in total. The molecule has 2 rings (SSSR count). The largest absolute Gasteiger partial charge is 0.324 e. The Hall–Kier alpha value is 0.177. The lowest BCUT2D eigenvalue weighted by Crippen LogP contribution is -2.43. The van der Waals surface area contributed by atoms with Crippen molar-refractivity contribution in [2.24, 2.45) is 0 Å². The van der Waals surface area contributed by atoms with Gasteiger partial charge in [-0.2, -0.15) is 0 Å². The van der Waals surface area contributed by atoms with Crippen LogP contribution in [0.25, 0.3) is 0 Å². The molecule has 0 spiro atoms. The van der Waals surface area contributed by atoms with Gasteiger partial charge in [0.1, 0.15) is 8.96 Å². The lowest BCUT2D eigenvalue weighted by Gasteiger charge is -2.32. The van der Waals surface area contributed by atoms with Gasteiger partial charge in [0.05, 0.1) is 0 Å². The van der Waals surface area contributed by atoms with Crippen LogP contribution >= 0.6 is 0 Å². The smallest absolute Gasteiger partial charge is 0.112 e. The van der Waals surface area contributed by atoms with Gasteiger partial charge in [0.2, 0.25) is 0 Å². The zero-order valence-electron chi connectivity index (χ0n) is 8.97. The van der Waals surface area contributed by atoms with E-state index < -0.39 is 8.96 Å². The Morgan fingerprint density at radius 1 is 1.08 bits per heavy atom. The van der Waals surface area contributed by atoms with Crippen molar-refractivity contribution in [3.8, 4) is 0 Å². The lowest BCUT2D eigenvalue weighted by atomic mass is 10.2. The van der Waals surface area contributed by atoms with Gasteiger partial charge in [-0.25, -0.2) is 0 Å². The monoisotopic (exact) mass is 197 g/mol. The van der Waals surface area contributed by atoms with Gasteiger partial charge in [-0.3, -0.25) is 0 Å². The van der Waals surface area contributed by atoms with Crippen LogP contribution in [-0.2, 0) is 0 Å². The predicted molar refractivity (Wildman–Crippen MR) is 60.6 cm³/mol. The van der Waals surface area contributed by atoms with Gasteiger partial charge in [-0.15, -0.1) is 0 Å². The van der Waals surface area contributed by atoms with E-state index in [-0.39, 0.29) is 0 Å². The Kier molecular flexibility index (Phi) is 3.44. The van der Waals surface area contributed by atoms with Crippen LogP contribution in [0.2, 0.25) is 12.1 Å². The molecule has 1 saturated heterocycles. The second-order valence-electron chi connectivity index (χ2n) is 4.71. The molecule has 0 aromatic rings. The third-order valence-corrected chi connectivity index (χ3v) is 7.83. The first kappa shape index (κ1) is 9.72. The molecule has 0 radical (unpaired) electrons. The van der Waals surface area contributed by atoms with Crippen molar-refractivity contribution >= 4 is 8.96 Å². The molecule has 1 aliphatic carbocycles. The molecule has 1 saturated carbocycles. The number of hydrogen-bond donors (Lipinski definition) is 0. The van der Waals surface area contributed by atoms with Gasteiger partial charge in [-0.05, 0) is 31.5 Å². The zero-order valence-corrected chi connectivity index (χ0v) is 10.1. The highest BCUT2D eigenvalue weighted by atomic mass is 28.3. The van der Waals surface area contributed by atoms with Crippen LogP contribution in [0.5, 0.6) is 0 Å². The van der Waals surface area contributed by atoms with Gasteiger partial charge in [0.15, 0.2) is 0 Å². The van der Waals surface area contributed by atoms with Crippen molar-refractivity contribution in [1.82, 2.24) is 4.57 Å². The third-order valence-electron chi connectivity index (χ3n) is 3.95. The van der Waals surface area contributed by atoms with E-state index in [0.29, 0.717) is 0 Å². The zero-order chi connectivity index (χ0) is 9.10. The van der Waals surface area contributed by atoms with Crippen LogP contribution < -0.4 is 0 Å². The summed E-state index contributed by atoms with van der Waals surface area (Å²) in [5.74, 6) is 0. The predicted octanol–water partition coefficient (Wildman–Crippen LogP) is 2.77. The van der Waals surface area contributed by atoms with Gasteiger partial charge >= 0.3 is 0 Å². The maximum absolute atomic E-state index is 2.94. The van der Waals surface area contributed by atoms with Gasteiger partial charge in [-0.1, -0.05) is 32.6 Å². The summed E-state index contributed by atoms with van der Waals surface area (Å²) in [5, 5.41) is 0. The summed E-state index contributed by atoms with van der Waals surface area (Å²) in [6.07, 6.45) is 9.11. The van der Waals surface area contributed by atoms with E-state index in [2.05, 4.69) is 11.5 Å². The molecule has 2 heteroatoms. The Bertz CT molecular complexity index is 132. The molecule has 1 heterocycles. The topological polar surface area (TPSA) is 3.24 Å². The molecule has 0 unspecified atom stereocenters. The highest BCUT2D eigenvalue weighted by molar-refractivity contribution is 6.56. The third kappa shape index (κ3) is 2.16. The quantitative estimate of drug-likeness (QED) is 0.629. The Balaban J connectivity index is 1.90. The summed E-state index contributed by atoms with van der Waals surface area (Å²) >= 11 is 0. The fraction of sp³-hybridized carbons (Fsp3) is 1.00. The van der Waals surface area contributed by atoms with Crippen molar-refractivity contribution in [2.45, 2.75) is 63.6 Å². The van der Waals surface area contributed by atoms with Crippen molar-refractivity contribution in [1.29, 1.82) is 0 Å². The van der Waals surface area contributed by atoms with Crippen LogP contribution in [0, 0.1) is 0 Å². The first-order valence-electron chi connectivity index (χ1n) is 6.17. The molecule has 13 heavy (non-hydrogen) atoms. The van der Waals surface area contributed by atoms with Crippen molar-refractivity contribution in [3.63, 3.8) is 0 Å². The first-order chi connectivity index (χ1) is 6.42. The van der Waals surface area contributed by atoms with Gasteiger partial charge < -0.3 is 4.57 Å². The maximum Gasteiger partial charge on any atom is 0.112 e. The van der Waals surface area contributed by atoms with Crippen LogP contribution in [-0.4, -0.2) is 26.1 Å². The van der Waals surface area contributed by atoms with E-state index in [0.717, 1.165) is 6.04 Å². The Morgan fingerprint density at radius 3 is 2.23 bits per heavy atom. The summed E-state index contributed by atoms with van der Waals surface area (Å²) in [5.41, 5.74) is 0. The van der Waals surface area contributed by atoms with Crippen LogP contribution in [0.15, 0.2) is 0 Å². The van der Waals surface area contributed by atoms with E-state index >= 15 is 0 Å². The SMILES string of the molecule is CCN(C1CCCC1)[SiH]1CCCC1. The van der Waals surface area contributed by atoms with E-state index in [9.17, 15) is 0 Å². The normalized spacial score (nSPS) is 26.3. The molecule has 1 aliphatic heterocycles. The minimum Gasteiger partial charge on any atom is -0.324 e.